The number of carbonyl (C=O) groups excluding carboxylic acids is 1. The zero-order valence-electron chi connectivity index (χ0n) is 15.0. The molecule has 2 aromatic carbocycles. The van der Waals surface area contributed by atoms with Gasteiger partial charge in [0.25, 0.3) is 0 Å². The topological polar surface area (TPSA) is 59.8 Å². The lowest BCUT2D eigenvalue weighted by Crippen LogP contribution is -2.27. The van der Waals surface area contributed by atoms with Gasteiger partial charge in [0, 0.05) is 21.6 Å². The van der Waals surface area contributed by atoms with Crippen molar-refractivity contribution in [3.05, 3.63) is 68.9 Å². The first kappa shape index (κ1) is 21.0. The van der Waals surface area contributed by atoms with E-state index in [9.17, 15) is 4.79 Å². The van der Waals surface area contributed by atoms with Gasteiger partial charge in [0.05, 0.1) is 11.4 Å². The standard InChI is InChI=1S/C19H17Cl3N4OS/c1-12-2-5-15(9-16(12)21)26-11-24-25-19(26)28-10-18(27)23-7-6-13-3-4-14(20)8-17(13)22/h2-5,8-9,11H,6-7,10H2,1H3,(H,23,27). The summed E-state index contributed by atoms with van der Waals surface area (Å²) in [5, 5.41) is 13.4. The van der Waals surface area contributed by atoms with Gasteiger partial charge < -0.3 is 5.32 Å². The van der Waals surface area contributed by atoms with E-state index in [0.717, 1.165) is 16.8 Å². The predicted octanol–water partition coefficient (Wildman–Crippen LogP) is 4.99. The third kappa shape index (κ3) is 5.41. The van der Waals surface area contributed by atoms with E-state index in [1.165, 1.54) is 11.8 Å². The van der Waals surface area contributed by atoms with Gasteiger partial charge >= 0.3 is 0 Å². The molecule has 28 heavy (non-hydrogen) atoms. The van der Waals surface area contributed by atoms with Crippen LogP contribution in [0.5, 0.6) is 0 Å². The minimum Gasteiger partial charge on any atom is -0.355 e. The van der Waals surface area contributed by atoms with Gasteiger partial charge in [0.15, 0.2) is 5.16 Å². The van der Waals surface area contributed by atoms with Crippen LogP contribution in [0.4, 0.5) is 0 Å². The Balaban J connectivity index is 1.52. The van der Waals surface area contributed by atoms with Crippen LogP contribution in [0.25, 0.3) is 5.69 Å². The summed E-state index contributed by atoms with van der Waals surface area (Å²) >= 11 is 19.5. The van der Waals surface area contributed by atoms with Gasteiger partial charge in [-0.3, -0.25) is 9.36 Å². The van der Waals surface area contributed by atoms with Crippen molar-refractivity contribution in [2.75, 3.05) is 12.3 Å². The van der Waals surface area contributed by atoms with Crippen LogP contribution in [-0.4, -0.2) is 33.0 Å². The maximum Gasteiger partial charge on any atom is 0.230 e. The molecule has 146 valence electrons. The highest BCUT2D eigenvalue weighted by molar-refractivity contribution is 7.99. The lowest BCUT2D eigenvalue weighted by atomic mass is 10.1. The number of amides is 1. The molecule has 5 nitrogen and oxygen atoms in total. The predicted molar refractivity (Wildman–Crippen MR) is 115 cm³/mol. The number of nitrogens with zero attached hydrogens (tertiary/aromatic N) is 3. The monoisotopic (exact) mass is 454 g/mol. The second kappa shape index (κ2) is 9.65. The number of aryl methyl sites for hydroxylation is 1. The van der Waals surface area contributed by atoms with E-state index in [1.54, 1.807) is 23.0 Å². The number of hydrogen-bond donors (Lipinski definition) is 1. The summed E-state index contributed by atoms with van der Waals surface area (Å²) in [6.45, 7) is 2.43. The summed E-state index contributed by atoms with van der Waals surface area (Å²) in [5.41, 5.74) is 2.78. The van der Waals surface area contributed by atoms with Crippen molar-refractivity contribution in [2.24, 2.45) is 0 Å². The van der Waals surface area contributed by atoms with Gasteiger partial charge in [0.1, 0.15) is 6.33 Å². The van der Waals surface area contributed by atoms with Gasteiger partial charge in [-0.15, -0.1) is 10.2 Å². The highest BCUT2D eigenvalue weighted by Gasteiger charge is 2.11. The Hall–Kier alpha value is -1.73. The van der Waals surface area contributed by atoms with Crippen LogP contribution in [0.3, 0.4) is 0 Å². The van der Waals surface area contributed by atoms with Crippen LogP contribution < -0.4 is 5.32 Å². The van der Waals surface area contributed by atoms with Crippen molar-refractivity contribution in [3.8, 4) is 5.69 Å². The first-order chi connectivity index (χ1) is 13.4. The molecule has 0 fully saturated rings. The molecule has 0 aliphatic carbocycles. The first-order valence-electron chi connectivity index (χ1n) is 8.44. The summed E-state index contributed by atoms with van der Waals surface area (Å²) in [6.07, 6.45) is 2.23. The molecule has 0 aliphatic heterocycles. The van der Waals surface area contributed by atoms with Gasteiger partial charge in [0.2, 0.25) is 5.91 Å². The van der Waals surface area contributed by atoms with Crippen molar-refractivity contribution in [1.82, 2.24) is 20.1 Å². The van der Waals surface area contributed by atoms with Crippen LogP contribution in [-0.2, 0) is 11.2 Å². The second-order valence-corrected chi connectivity index (χ2v) is 8.23. The molecule has 0 spiro atoms. The highest BCUT2D eigenvalue weighted by atomic mass is 35.5. The quantitative estimate of drug-likeness (QED) is 0.510. The fourth-order valence-corrected chi connectivity index (χ4v) is 3.91. The third-order valence-corrected chi connectivity index (χ3v) is 5.95. The molecule has 0 aliphatic rings. The van der Waals surface area contributed by atoms with Crippen molar-refractivity contribution < 1.29 is 4.79 Å². The van der Waals surface area contributed by atoms with Crippen molar-refractivity contribution in [3.63, 3.8) is 0 Å². The Morgan fingerprint density at radius 1 is 1.14 bits per heavy atom. The summed E-state index contributed by atoms with van der Waals surface area (Å²) in [6, 6.07) is 11.1. The number of carbonyl (C=O) groups is 1. The van der Waals surface area contributed by atoms with E-state index in [4.69, 9.17) is 34.8 Å². The average Bonchev–Trinajstić information content (AvgIpc) is 3.13. The maximum atomic E-state index is 12.1. The first-order valence-corrected chi connectivity index (χ1v) is 10.6. The molecule has 1 heterocycles. The Bertz CT molecular complexity index is 993. The summed E-state index contributed by atoms with van der Waals surface area (Å²) in [4.78, 5) is 12.1. The van der Waals surface area contributed by atoms with E-state index in [-0.39, 0.29) is 11.7 Å². The van der Waals surface area contributed by atoms with E-state index in [1.807, 2.05) is 31.2 Å². The summed E-state index contributed by atoms with van der Waals surface area (Å²) in [5.74, 6) is 0.138. The molecule has 3 aromatic rings. The second-order valence-electron chi connectivity index (χ2n) is 6.04. The van der Waals surface area contributed by atoms with Crippen molar-refractivity contribution in [1.29, 1.82) is 0 Å². The number of rotatable bonds is 7. The molecule has 0 unspecified atom stereocenters. The number of hydrogen-bond acceptors (Lipinski definition) is 4. The molecular formula is C19H17Cl3N4OS. The molecule has 0 atom stereocenters. The third-order valence-electron chi connectivity index (χ3n) is 4.01. The molecule has 0 saturated carbocycles. The van der Waals surface area contributed by atoms with Crippen LogP contribution in [0.1, 0.15) is 11.1 Å². The maximum absolute atomic E-state index is 12.1. The van der Waals surface area contributed by atoms with Gasteiger partial charge in [-0.25, -0.2) is 0 Å². The molecule has 1 aromatic heterocycles. The van der Waals surface area contributed by atoms with Crippen LogP contribution >= 0.6 is 46.6 Å². The molecule has 3 rings (SSSR count). The van der Waals surface area contributed by atoms with Crippen LogP contribution in [0, 0.1) is 6.92 Å². The molecule has 0 saturated heterocycles. The van der Waals surface area contributed by atoms with Gasteiger partial charge in [-0.1, -0.05) is 58.7 Å². The smallest absolute Gasteiger partial charge is 0.230 e. The minimum absolute atomic E-state index is 0.0911. The number of benzene rings is 2. The fraction of sp³-hybridized carbons (Fsp3) is 0.211. The van der Waals surface area contributed by atoms with E-state index >= 15 is 0 Å². The van der Waals surface area contributed by atoms with Gasteiger partial charge in [-0.05, 0) is 48.7 Å². The van der Waals surface area contributed by atoms with Crippen molar-refractivity contribution in [2.45, 2.75) is 18.5 Å². The highest BCUT2D eigenvalue weighted by Crippen LogP contribution is 2.24. The van der Waals surface area contributed by atoms with Crippen LogP contribution in [0.2, 0.25) is 15.1 Å². The SMILES string of the molecule is Cc1ccc(-n2cnnc2SCC(=O)NCCc2ccc(Cl)cc2Cl)cc1Cl. The minimum atomic E-state index is -0.0911. The van der Waals surface area contributed by atoms with E-state index < -0.39 is 0 Å². The normalized spacial score (nSPS) is 10.9. The number of thioether (sulfide) groups is 1. The number of nitrogens with one attached hydrogen (secondary N) is 1. The lowest BCUT2D eigenvalue weighted by Gasteiger charge is -2.09. The largest absolute Gasteiger partial charge is 0.355 e. The zero-order valence-corrected chi connectivity index (χ0v) is 18.0. The molecule has 9 heteroatoms. The Kier molecular flexibility index (Phi) is 7.24. The van der Waals surface area contributed by atoms with Gasteiger partial charge in [-0.2, -0.15) is 0 Å². The summed E-state index contributed by atoms with van der Waals surface area (Å²) < 4.78 is 1.80. The summed E-state index contributed by atoms with van der Waals surface area (Å²) in [7, 11) is 0. The molecule has 0 radical (unpaired) electrons. The molecule has 1 amide bonds. The molecule has 0 bridgehead atoms. The van der Waals surface area contributed by atoms with Crippen LogP contribution in [0.15, 0.2) is 47.9 Å². The Morgan fingerprint density at radius 2 is 1.96 bits per heavy atom. The van der Waals surface area contributed by atoms with E-state index in [2.05, 4.69) is 15.5 Å². The lowest BCUT2D eigenvalue weighted by molar-refractivity contribution is -0.118. The average molecular weight is 456 g/mol. The Labute approximate surface area is 182 Å². The van der Waals surface area contributed by atoms with E-state index in [0.29, 0.717) is 33.2 Å². The van der Waals surface area contributed by atoms with Crippen molar-refractivity contribution >= 4 is 52.5 Å². The molecule has 1 N–H and O–H groups in total. The Morgan fingerprint density at radius 3 is 2.71 bits per heavy atom. The number of halogens is 3. The fourth-order valence-electron chi connectivity index (χ4n) is 2.47. The number of aromatic nitrogens is 3. The zero-order chi connectivity index (χ0) is 20.1. The molecular weight excluding hydrogens is 439 g/mol.